The van der Waals surface area contributed by atoms with Crippen LogP contribution in [0.2, 0.25) is 0 Å². The van der Waals surface area contributed by atoms with Gasteiger partial charge < -0.3 is 0 Å². The molecule has 1 heterocycles. The summed E-state index contributed by atoms with van der Waals surface area (Å²) in [7, 11) is 0. The topological polar surface area (TPSA) is 51.0 Å². The van der Waals surface area contributed by atoms with E-state index in [2.05, 4.69) is 120 Å². The van der Waals surface area contributed by atoms with E-state index in [1.54, 1.807) is 0 Å². The molecular formula is C46H52N4. The molecular weight excluding hydrogens is 609 g/mol. The molecule has 2 aromatic carbocycles. The Morgan fingerprint density at radius 2 is 1.66 bits per heavy atom. The van der Waals surface area contributed by atoms with E-state index in [-0.39, 0.29) is 17.9 Å². The summed E-state index contributed by atoms with van der Waals surface area (Å²) in [6.07, 6.45) is 33.0. The lowest BCUT2D eigenvalue weighted by Crippen LogP contribution is -2.06. The van der Waals surface area contributed by atoms with Crippen molar-refractivity contribution in [1.82, 2.24) is 15.0 Å². The molecule has 0 saturated heterocycles. The quantitative estimate of drug-likeness (QED) is 0.0626. The predicted octanol–water partition coefficient (Wildman–Crippen LogP) is 11.7. The second-order valence-corrected chi connectivity index (χ2v) is 12.0. The van der Waals surface area contributed by atoms with E-state index in [9.17, 15) is 0 Å². The van der Waals surface area contributed by atoms with Crippen LogP contribution in [-0.2, 0) is 6.42 Å². The first kappa shape index (κ1) is 39.0. The molecule has 0 N–H and O–H groups in total. The van der Waals surface area contributed by atoms with Crippen LogP contribution in [-0.4, -0.2) is 27.2 Å². The molecule has 0 radical (unpaired) electrons. The van der Waals surface area contributed by atoms with Crippen LogP contribution in [0.3, 0.4) is 0 Å². The first-order chi connectivity index (χ1) is 24.3. The molecule has 0 aliphatic heterocycles. The standard InChI is InChI=1S/C46H52N4/c1-10-17-19-25-37(22-11-2)42(30-34(8)14-5)40-31-39(35(9)28-29-36(15-6)43(23-12-3)47-16-7)32-41(33-40)46-49-44(24-13-4)48-45(50-46)38-26-20-18-21-27-38/h4,10-12,14-18,20-22,25-35,43H,3,5,19,23-24H2,1-2,6-9H3/b17-10-,22-11-,29-28-,36-15+,37-25-,42-30+,47-16?. The maximum atomic E-state index is 5.76. The van der Waals surface area contributed by atoms with E-state index in [1.807, 2.05) is 62.5 Å². The number of benzene rings is 2. The summed E-state index contributed by atoms with van der Waals surface area (Å²) < 4.78 is 0. The van der Waals surface area contributed by atoms with E-state index in [4.69, 9.17) is 26.4 Å². The van der Waals surface area contributed by atoms with Gasteiger partial charge in [-0.15, -0.1) is 19.6 Å². The van der Waals surface area contributed by atoms with E-state index < -0.39 is 0 Å². The normalized spacial score (nSPS) is 14.8. The van der Waals surface area contributed by atoms with Crippen molar-refractivity contribution in [3.63, 3.8) is 0 Å². The molecule has 256 valence electrons. The summed E-state index contributed by atoms with van der Waals surface area (Å²) in [4.78, 5) is 19.3. The zero-order chi connectivity index (χ0) is 36.3. The minimum atomic E-state index is 0.0321. The summed E-state index contributed by atoms with van der Waals surface area (Å²) in [6.45, 7) is 20.5. The molecule has 0 aliphatic rings. The number of hydrogen-bond donors (Lipinski definition) is 0. The molecule has 0 spiro atoms. The fraction of sp³-hybridized carbons (Fsp3) is 0.261. The number of aromatic nitrogens is 3. The molecule has 3 atom stereocenters. The predicted molar refractivity (Wildman–Crippen MR) is 217 cm³/mol. The molecule has 0 fully saturated rings. The fourth-order valence-electron chi connectivity index (χ4n) is 5.49. The lowest BCUT2D eigenvalue weighted by atomic mass is 9.88. The largest absolute Gasteiger partial charge is 0.289 e. The first-order valence-corrected chi connectivity index (χ1v) is 17.4. The van der Waals surface area contributed by atoms with E-state index >= 15 is 0 Å². The summed E-state index contributed by atoms with van der Waals surface area (Å²) in [5, 5.41) is 0. The van der Waals surface area contributed by atoms with Crippen molar-refractivity contribution in [3.8, 4) is 35.1 Å². The molecule has 4 heteroatoms. The highest BCUT2D eigenvalue weighted by Gasteiger charge is 2.17. The van der Waals surface area contributed by atoms with Crippen LogP contribution in [0.4, 0.5) is 0 Å². The monoisotopic (exact) mass is 660 g/mol. The van der Waals surface area contributed by atoms with Gasteiger partial charge in [-0.05, 0) is 98.6 Å². The molecule has 3 unspecified atom stereocenters. The third-order valence-corrected chi connectivity index (χ3v) is 8.21. The number of terminal acetylenes is 1. The second kappa shape index (κ2) is 20.9. The number of nitrogens with zero attached hydrogens (tertiary/aromatic N) is 4. The molecule has 0 aliphatic carbocycles. The smallest absolute Gasteiger partial charge is 0.163 e. The molecule has 3 aromatic rings. The average Bonchev–Trinajstić information content (AvgIpc) is 3.14. The third kappa shape index (κ3) is 11.3. The number of allylic oxidation sites excluding steroid dienone is 11. The summed E-state index contributed by atoms with van der Waals surface area (Å²) in [6, 6.07) is 16.7. The highest BCUT2D eigenvalue weighted by Crippen LogP contribution is 2.34. The summed E-state index contributed by atoms with van der Waals surface area (Å²) >= 11 is 0. The first-order valence-electron chi connectivity index (χ1n) is 17.4. The molecule has 4 nitrogen and oxygen atoms in total. The van der Waals surface area contributed by atoms with Crippen LogP contribution in [0.1, 0.15) is 77.3 Å². The fourth-order valence-corrected chi connectivity index (χ4v) is 5.49. The number of rotatable bonds is 17. The van der Waals surface area contributed by atoms with Gasteiger partial charge in [0.25, 0.3) is 0 Å². The average molecular weight is 661 g/mol. The van der Waals surface area contributed by atoms with Gasteiger partial charge in [0.05, 0.1) is 12.5 Å². The Kier molecular flexibility index (Phi) is 16.3. The van der Waals surface area contributed by atoms with Gasteiger partial charge in [-0.2, -0.15) is 0 Å². The molecule has 0 bridgehead atoms. The van der Waals surface area contributed by atoms with Crippen molar-refractivity contribution in [1.29, 1.82) is 0 Å². The highest BCUT2D eigenvalue weighted by atomic mass is 15.0. The van der Waals surface area contributed by atoms with Crippen LogP contribution in [0.25, 0.3) is 28.3 Å². The van der Waals surface area contributed by atoms with Crippen molar-refractivity contribution in [2.45, 2.75) is 72.8 Å². The SMILES string of the molecule is C#CCc1nc(-c2ccccc2)nc(-c2cc(C(=C/C(C)C=C)/C(/C=C\C)=C\C/C=C\C)cc(C(C)/C=C\C(=C/C)C(CC=C)N=CC)c2)n1. The number of hydrogen-bond acceptors (Lipinski definition) is 4. The second-order valence-electron chi connectivity index (χ2n) is 12.0. The van der Waals surface area contributed by atoms with E-state index in [0.717, 1.165) is 51.8 Å². The van der Waals surface area contributed by atoms with Crippen molar-refractivity contribution in [2.75, 3.05) is 0 Å². The zero-order valence-electron chi connectivity index (χ0n) is 30.7. The van der Waals surface area contributed by atoms with E-state index in [1.165, 1.54) is 0 Å². The maximum absolute atomic E-state index is 5.76. The lowest BCUT2D eigenvalue weighted by Gasteiger charge is -2.18. The zero-order valence-corrected chi connectivity index (χ0v) is 30.7. The Hall–Kier alpha value is -5.40. The Morgan fingerprint density at radius 3 is 2.28 bits per heavy atom. The van der Waals surface area contributed by atoms with Gasteiger partial charge in [-0.1, -0.05) is 123 Å². The Balaban J connectivity index is 2.35. The Labute approximate surface area is 301 Å². The molecule has 3 rings (SSSR count). The van der Waals surface area contributed by atoms with Crippen LogP contribution >= 0.6 is 0 Å². The van der Waals surface area contributed by atoms with Crippen molar-refractivity contribution in [2.24, 2.45) is 10.9 Å². The Bertz CT molecular complexity index is 1840. The lowest BCUT2D eigenvalue weighted by molar-refractivity contribution is 0.804. The van der Waals surface area contributed by atoms with Crippen molar-refractivity contribution >= 4 is 11.8 Å². The van der Waals surface area contributed by atoms with Gasteiger partial charge in [0.1, 0.15) is 5.82 Å². The van der Waals surface area contributed by atoms with Gasteiger partial charge in [0, 0.05) is 11.1 Å². The van der Waals surface area contributed by atoms with E-state index in [0.29, 0.717) is 23.9 Å². The van der Waals surface area contributed by atoms with Crippen molar-refractivity contribution < 1.29 is 0 Å². The van der Waals surface area contributed by atoms with Crippen LogP contribution in [0.5, 0.6) is 0 Å². The van der Waals surface area contributed by atoms with Gasteiger partial charge in [0.2, 0.25) is 0 Å². The van der Waals surface area contributed by atoms with Crippen LogP contribution in [0, 0.1) is 18.3 Å². The Morgan fingerprint density at radius 1 is 0.920 bits per heavy atom. The summed E-state index contributed by atoms with van der Waals surface area (Å²) in [5.74, 6) is 4.68. The van der Waals surface area contributed by atoms with Crippen LogP contribution < -0.4 is 0 Å². The van der Waals surface area contributed by atoms with Gasteiger partial charge in [-0.25, -0.2) is 15.0 Å². The van der Waals surface area contributed by atoms with Crippen molar-refractivity contribution in [3.05, 3.63) is 157 Å². The van der Waals surface area contributed by atoms with Gasteiger partial charge in [-0.3, -0.25) is 4.99 Å². The summed E-state index contributed by atoms with van der Waals surface area (Å²) in [5.41, 5.74) is 7.42. The molecule has 0 saturated carbocycles. The highest BCUT2D eigenvalue weighted by molar-refractivity contribution is 5.84. The minimum absolute atomic E-state index is 0.0321. The molecule has 1 aromatic heterocycles. The minimum Gasteiger partial charge on any atom is -0.289 e. The number of aliphatic imine (C=N–C) groups is 1. The molecule has 0 amide bonds. The maximum Gasteiger partial charge on any atom is 0.163 e. The third-order valence-electron chi connectivity index (χ3n) is 8.21. The van der Waals surface area contributed by atoms with Crippen LogP contribution in [0.15, 0.2) is 145 Å². The molecule has 50 heavy (non-hydrogen) atoms. The van der Waals surface area contributed by atoms with Gasteiger partial charge in [0.15, 0.2) is 11.6 Å². The van der Waals surface area contributed by atoms with Gasteiger partial charge >= 0.3 is 0 Å².